The molecule has 10 atom stereocenters. The molecule has 0 saturated heterocycles. The van der Waals surface area contributed by atoms with Crippen molar-refractivity contribution in [3.8, 4) is 0 Å². The summed E-state index contributed by atoms with van der Waals surface area (Å²) in [5.74, 6) is -0.407. The summed E-state index contributed by atoms with van der Waals surface area (Å²) in [6.07, 6.45) is 8.42. The number of rotatable bonds is 4. The van der Waals surface area contributed by atoms with Crippen molar-refractivity contribution >= 4 is 11.8 Å². The van der Waals surface area contributed by atoms with Crippen LogP contribution < -0.4 is 5.73 Å². The van der Waals surface area contributed by atoms with Crippen LogP contribution in [-0.4, -0.2) is 45.8 Å². The minimum atomic E-state index is -0.704. The fourth-order valence-corrected chi connectivity index (χ4v) is 9.74. The second kappa shape index (κ2) is 9.71. The first kappa shape index (κ1) is 29.2. The molecule has 4 aliphatic carbocycles. The topological polar surface area (TPSA) is 110 Å². The first-order valence-electron chi connectivity index (χ1n) is 14.4. The number of nitrogens with two attached hydrogens (primary N) is 1. The number of Topliss-reactive ketones (excluding diaryl/α,β-unsaturated/α-hetero) is 1. The first-order valence-corrected chi connectivity index (χ1v) is 14.4. The maximum Gasteiger partial charge on any atom is 0.303 e. The highest BCUT2D eigenvalue weighted by atomic mass is 16.5. The van der Waals surface area contributed by atoms with Crippen LogP contribution in [0.1, 0.15) is 93.9 Å². The van der Waals surface area contributed by atoms with E-state index in [4.69, 9.17) is 10.5 Å². The summed E-state index contributed by atoms with van der Waals surface area (Å²) in [5.41, 5.74) is 7.91. The van der Waals surface area contributed by atoms with Gasteiger partial charge in [0.15, 0.2) is 5.78 Å². The molecule has 0 heterocycles. The Labute approximate surface area is 228 Å². The molecule has 4 fully saturated rings. The van der Waals surface area contributed by atoms with E-state index >= 15 is 0 Å². The van der Waals surface area contributed by atoms with E-state index in [0.717, 1.165) is 30.4 Å². The van der Waals surface area contributed by atoms with Gasteiger partial charge >= 0.3 is 5.97 Å². The number of carbonyl (C=O) groups excluding carboxylic acids is 2. The van der Waals surface area contributed by atoms with Gasteiger partial charge < -0.3 is 20.7 Å². The van der Waals surface area contributed by atoms with Crippen molar-refractivity contribution in [2.45, 2.75) is 118 Å². The van der Waals surface area contributed by atoms with Gasteiger partial charge in [0.25, 0.3) is 0 Å². The maximum atomic E-state index is 13.0. The lowest BCUT2D eigenvalue weighted by atomic mass is 9.36. The van der Waals surface area contributed by atoms with E-state index in [1.54, 1.807) is 6.92 Å². The van der Waals surface area contributed by atoms with E-state index in [1.807, 2.05) is 39.0 Å². The molecule has 4 aliphatic rings. The number of ketones is 1. The predicted octanol–water partition coefficient (Wildman–Crippen LogP) is 5.03. The van der Waals surface area contributed by atoms with Crippen molar-refractivity contribution in [2.75, 3.05) is 0 Å². The van der Waals surface area contributed by atoms with Gasteiger partial charge in [-0.2, -0.15) is 0 Å². The summed E-state index contributed by atoms with van der Waals surface area (Å²) < 4.78 is 5.95. The summed E-state index contributed by atoms with van der Waals surface area (Å²) in [6.45, 7) is 15.9. The smallest absolute Gasteiger partial charge is 0.303 e. The number of hydrogen-bond acceptors (Lipinski definition) is 6. The highest BCUT2D eigenvalue weighted by molar-refractivity contribution is 5.97. The van der Waals surface area contributed by atoms with E-state index in [2.05, 4.69) is 20.8 Å². The third-order valence-electron chi connectivity index (χ3n) is 11.5. The van der Waals surface area contributed by atoms with Gasteiger partial charge in [-0.3, -0.25) is 9.59 Å². The van der Waals surface area contributed by atoms with Gasteiger partial charge in [0.1, 0.15) is 6.10 Å². The zero-order valence-corrected chi connectivity index (χ0v) is 24.6. The van der Waals surface area contributed by atoms with Crippen LogP contribution in [0.5, 0.6) is 0 Å². The van der Waals surface area contributed by atoms with E-state index in [1.165, 1.54) is 6.92 Å². The Kier molecular flexibility index (Phi) is 7.47. The molecule has 38 heavy (non-hydrogen) atoms. The van der Waals surface area contributed by atoms with E-state index < -0.39 is 23.9 Å². The molecule has 0 unspecified atom stereocenters. The number of carbonyl (C=O) groups is 2. The highest BCUT2D eigenvalue weighted by Gasteiger charge is 2.71. The average molecular weight is 528 g/mol. The Morgan fingerprint density at radius 1 is 1.00 bits per heavy atom. The Bertz CT molecular complexity index is 1080. The molecule has 6 heteroatoms. The summed E-state index contributed by atoms with van der Waals surface area (Å²) in [5, 5.41) is 22.8. The summed E-state index contributed by atoms with van der Waals surface area (Å²) in [4.78, 5) is 25.3. The molecule has 0 amide bonds. The Morgan fingerprint density at radius 3 is 2.24 bits per heavy atom. The number of aliphatic hydroxyl groups is 2. The van der Waals surface area contributed by atoms with Crippen LogP contribution in [0.4, 0.5) is 0 Å². The predicted molar refractivity (Wildman–Crippen MR) is 149 cm³/mol. The molecule has 212 valence electrons. The Balaban J connectivity index is 1.87. The number of aliphatic hydroxyl groups excluding tert-OH is 2. The van der Waals surface area contributed by atoms with Crippen LogP contribution in [-0.2, 0) is 14.3 Å². The number of ether oxygens (including phenoxy) is 1. The molecule has 0 spiro atoms. The molecule has 0 aromatic carbocycles. The number of esters is 1. The minimum absolute atomic E-state index is 0.00954. The zero-order valence-electron chi connectivity index (χ0n) is 24.6. The molecular formula is C32H49NO5. The molecule has 4 N–H and O–H groups in total. The van der Waals surface area contributed by atoms with Crippen LogP contribution >= 0.6 is 0 Å². The third kappa shape index (κ3) is 4.26. The lowest BCUT2D eigenvalue weighted by Crippen LogP contribution is -2.71. The summed E-state index contributed by atoms with van der Waals surface area (Å²) in [7, 11) is 0. The molecule has 4 rings (SSSR count). The second-order valence-corrected chi connectivity index (χ2v) is 14.0. The Hall–Kier alpha value is -1.76. The van der Waals surface area contributed by atoms with Crippen LogP contribution in [0.25, 0.3) is 0 Å². The van der Waals surface area contributed by atoms with Gasteiger partial charge in [-0.25, -0.2) is 0 Å². The summed E-state index contributed by atoms with van der Waals surface area (Å²) in [6, 6.07) is 0. The lowest BCUT2D eigenvalue weighted by Gasteiger charge is -2.70. The van der Waals surface area contributed by atoms with E-state index in [-0.39, 0.29) is 45.8 Å². The van der Waals surface area contributed by atoms with Gasteiger partial charge in [0.05, 0.1) is 12.2 Å². The largest absolute Gasteiger partial charge is 0.458 e. The highest BCUT2D eigenvalue weighted by Crippen LogP contribution is 2.74. The quantitative estimate of drug-likeness (QED) is 0.269. The second-order valence-electron chi connectivity index (χ2n) is 14.0. The molecule has 0 aliphatic heterocycles. The fourth-order valence-electron chi connectivity index (χ4n) is 9.74. The van der Waals surface area contributed by atoms with Gasteiger partial charge in [-0.05, 0) is 106 Å². The number of fused-ring (bicyclic) bond motifs is 5. The Morgan fingerprint density at radius 2 is 1.66 bits per heavy atom. The summed E-state index contributed by atoms with van der Waals surface area (Å²) >= 11 is 0. The number of hydrogen-bond donors (Lipinski definition) is 3. The molecule has 0 radical (unpaired) electrons. The van der Waals surface area contributed by atoms with Crippen LogP contribution in [0.2, 0.25) is 0 Å². The van der Waals surface area contributed by atoms with Crippen LogP contribution in [0.15, 0.2) is 34.9 Å². The van der Waals surface area contributed by atoms with Crippen LogP contribution in [0.3, 0.4) is 0 Å². The molecule has 6 nitrogen and oxygen atoms in total. The van der Waals surface area contributed by atoms with Crippen molar-refractivity contribution in [2.24, 2.45) is 39.7 Å². The molecule has 0 aromatic rings. The van der Waals surface area contributed by atoms with Crippen LogP contribution in [0, 0.1) is 34.0 Å². The number of allylic oxidation sites excluding steroid dienone is 5. The lowest BCUT2D eigenvalue weighted by molar-refractivity contribution is -0.237. The third-order valence-corrected chi connectivity index (χ3v) is 11.5. The van der Waals surface area contributed by atoms with Gasteiger partial charge in [0, 0.05) is 18.0 Å². The molecule has 0 bridgehead atoms. The maximum absolute atomic E-state index is 13.0. The molecule has 0 aromatic heterocycles. The zero-order chi connectivity index (χ0) is 28.4. The monoisotopic (exact) mass is 527 g/mol. The standard InChI is InChI=1S/C32H49NO5/c1-18(2)10-9-11-21(19(3)34)27-22-16-23(36)28-29(5)14-13-26(37)32(8,33)25(29)12-15-30(28,6)31(22,7)17-24(27)38-20(4)35/h9-11,22-26,28,36-37H,12-17,33H2,1-8H3/b11-9+,27-21-/t22-,23+,24-,25+,26+,28-,29-,30-,31-,32+/m0/s1. The van der Waals surface area contributed by atoms with Crippen molar-refractivity contribution in [3.05, 3.63) is 34.9 Å². The van der Waals surface area contributed by atoms with Crippen molar-refractivity contribution in [1.82, 2.24) is 0 Å². The average Bonchev–Trinajstić information content (AvgIpc) is 3.05. The van der Waals surface area contributed by atoms with E-state index in [0.29, 0.717) is 24.8 Å². The first-order chi connectivity index (χ1) is 17.5. The van der Waals surface area contributed by atoms with Crippen molar-refractivity contribution in [1.29, 1.82) is 0 Å². The van der Waals surface area contributed by atoms with Gasteiger partial charge in [-0.15, -0.1) is 0 Å². The van der Waals surface area contributed by atoms with E-state index in [9.17, 15) is 19.8 Å². The normalized spacial score (nSPS) is 47.6. The van der Waals surface area contributed by atoms with Crippen molar-refractivity contribution < 1.29 is 24.5 Å². The molecule has 4 saturated carbocycles. The van der Waals surface area contributed by atoms with Crippen molar-refractivity contribution in [3.63, 3.8) is 0 Å². The molecular weight excluding hydrogens is 478 g/mol. The van der Waals surface area contributed by atoms with Gasteiger partial charge in [0.2, 0.25) is 0 Å². The SMILES string of the molecule is CC(=O)O[C@H]1C[C@@]2(C)[C@@H](C[C@@H](O)[C@H]3[C@@]4(C)CC[C@@H](O)[C@](C)(N)[C@@H]4CC[C@@]32C)/C1=C(\C=C\C=C(C)C)C(C)=O. The van der Waals surface area contributed by atoms with Gasteiger partial charge in [-0.1, -0.05) is 44.6 Å². The fraction of sp³-hybridized carbons (Fsp3) is 0.750. The minimum Gasteiger partial charge on any atom is -0.458 e.